The van der Waals surface area contributed by atoms with Crippen LogP contribution in [0.3, 0.4) is 0 Å². The number of amides is 1. The van der Waals surface area contributed by atoms with Gasteiger partial charge in [0, 0.05) is 25.5 Å². The van der Waals surface area contributed by atoms with E-state index in [1.165, 1.54) is 0 Å². The Kier molecular flexibility index (Phi) is 3.71. The zero-order valence-corrected chi connectivity index (χ0v) is 11.2. The van der Waals surface area contributed by atoms with Crippen molar-refractivity contribution in [2.45, 2.75) is 25.3 Å². The van der Waals surface area contributed by atoms with Crippen molar-refractivity contribution in [1.82, 2.24) is 24.9 Å². The molecule has 6 nitrogen and oxygen atoms in total. The Bertz CT molecular complexity index is 546. The van der Waals surface area contributed by atoms with Crippen LogP contribution >= 0.6 is 0 Å². The summed E-state index contributed by atoms with van der Waals surface area (Å²) in [6, 6.07) is 4.11. The average Bonchev–Trinajstić information content (AvgIpc) is 3.03. The van der Waals surface area contributed by atoms with Crippen molar-refractivity contribution in [1.29, 1.82) is 0 Å². The van der Waals surface area contributed by atoms with Crippen LogP contribution in [0.2, 0.25) is 0 Å². The summed E-state index contributed by atoms with van der Waals surface area (Å²) in [5, 5.41) is 8.34. The van der Waals surface area contributed by atoms with E-state index in [-0.39, 0.29) is 5.91 Å². The molecule has 0 atom stereocenters. The third-order valence-electron chi connectivity index (χ3n) is 3.66. The second-order valence-corrected chi connectivity index (χ2v) is 5.00. The number of rotatable bonds is 3. The maximum Gasteiger partial charge on any atom is 0.227 e. The normalized spacial score (nSPS) is 16.3. The lowest BCUT2D eigenvalue weighted by molar-refractivity contribution is -0.131. The quantitative estimate of drug-likeness (QED) is 0.838. The molecule has 2 aromatic rings. The van der Waals surface area contributed by atoms with Gasteiger partial charge in [-0.15, -0.1) is 0 Å². The number of hydrogen-bond donors (Lipinski definition) is 0. The molecule has 104 valence electrons. The molecule has 1 saturated heterocycles. The van der Waals surface area contributed by atoms with Crippen LogP contribution in [-0.2, 0) is 11.2 Å². The van der Waals surface area contributed by atoms with Gasteiger partial charge in [-0.25, -0.2) is 0 Å². The van der Waals surface area contributed by atoms with Crippen molar-refractivity contribution in [2.75, 3.05) is 13.1 Å². The summed E-state index contributed by atoms with van der Waals surface area (Å²) < 4.78 is 0. The molecular weight excluding hydrogens is 254 g/mol. The number of carbonyl (C=O) groups excluding carboxylic acids is 1. The van der Waals surface area contributed by atoms with E-state index in [1.807, 2.05) is 17.0 Å². The van der Waals surface area contributed by atoms with Gasteiger partial charge < -0.3 is 4.90 Å². The minimum Gasteiger partial charge on any atom is -0.342 e. The van der Waals surface area contributed by atoms with E-state index in [4.69, 9.17) is 0 Å². The van der Waals surface area contributed by atoms with Crippen LogP contribution in [-0.4, -0.2) is 43.9 Å². The first-order valence-corrected chi connectivity index (χ1v) is 6.85. The highest BCUT2D eigenvalue weighted by molar-refractivity contribution is 5.78. The molecule has 1 aliphatic heterocycles. The number of nitrogens with zero attached hydrogens (tertiary/aromatic N) is 5. The summed E-state index contributed by atoms with van der Waals surface area (Å²) in [4.78, 5) is 19.9. The zero-order chi connectivity index (χ0) is 13.8. The summed E-state index contributed by atoms with van der Waals surface area (Å²) in [7, 11) is 0. The molecule has 0 radical (unpaired) electrons. The van der Waals surface area contributed by atoms with Gasteiger partial charge in [0.05, 0.1) is 24.9 Å². The molecule has 2 aromatic heterocycles. The molecule has 0 bridgehead atoms. The van der Waals surface area contributed by atoms with Crippen molar-refractivity contribution in [3.05, 3.63) is 42.5 Å². The molecule has 0 aromatic carbocycles. The van der Waals surface area contributed by atoms with Crippen LogP contribution < -0.4 is 0 Å². The molecule has 1 aliphatic rings. The maximum atomic E-state index is 12.2. The fourth-order valence-electron chi connectivity index (χ4n) is 2.55. The zero-order valence-electron chi connectivity index (χ0n) is 11.2. The second-order valence-electron chi connectivity index (χ2n) is 5.00. The highest BCUT2D eigenvalue weighted by Gasteiger charge is 2.24. The summed E-state index contributed by atoms with van der Waals surface area (Å²) in [5.41, 5.74) is 0.966. The second kappa shape index (κ2) is 5.81. The smallest absolute Gasteiger partial charge is 0.227 e. The Hall–Kier alpha value is -2.24. The van der Waals surface area contributed by atoms with Gasteiger partial charge in [0.2, 0.25) is 5.91 Å². The van der Waals surface area contributed by atoms with Crippen molar-refractivity contribution in [3.63, 3.8) is 0 Å². The Morgan fingerprint density at radius 2 is 1.95 bits per heavy atom. The number of likely N-dealkylation sites (tertiary alicyclic amines) is 1. The first-order chi connectivity index (χ1) is 9.83. The molecule has 3 heterocycles. The maximum absolute atomic E-state index is 12.2. The van der Waals surface area contributed by atoms with Crippen LogP contribution in [0, 0.1) is 0 Å². The van der Waals surface area contributed by atoms with Crippen LogP contribution in [0.25, 0.3) is 0 Å². The third-order valence-corrected chi connectivity index (χ3v) is 3.66. The van der Waals surface area contributed by atoms with Crippen molar-refractivity contribution < 1.29 is 4.79 Å². The minimum absolute atomic E-state index is 0.171. The van der Waals surface area contributed by atoms with Gasteiger partial charge in [-0.2, -0.15) is 15.0 Å². The molecule has 0 spiro atoms. The predicted molar refractivity (Wildman–Crippen MR) is 72.8 cm³/mol. The van der Waals surface area contributed by atoms with Crippen molar-refractivity contribution in [3.8, 4) is 0 Å². The Balaban J connectivity index is 1.54. The Morgan fingerprint density at radius 3 is 2.60 bits per heavy atom. The fraction of sp³-hybridized carbons (Fsp3) is 0.429. The predicted octanol–water partition coefficient (Wildman–Crippen LogP) is 1.08. The largest absolute Gasteiger partial charge is 0.342 e. The first-order valence-electron chi connectivity index (χ1n) is 6.85. The molecule has 0 saturated carbocycles. The number of piperidine rings is 1. The number of hydrogen-bond acceptors (Lipinski definition) is 4. The van der Waals surface area contributed by atoms with Crippen LogP contribution in [0.5, 0.6) is 0 Å². The lowest BCUT2D eigenvalue weighted by Crippen LogP contribution is -2.40. The van der Waals surface area contributed by atoms with Gasteiger partial charge in [0.25, 0.3) is 0 Å². The summed E-state index contributed by atoms with van der Waals surface area (Å²) in [6.07, 6.45) is 9.11. The average molecular weight is 271 g/mol. The van der Waals surface area contributed by atoms with Gasteiger partial charge in [-0.3, -0.25) is 9.78 Å². The van der Waals surface area contributed by atoms with Crippen LogP contribution in [0.15, 0.2) is 36.9 Å². The van der Waals surface area contributed by atoms with Crippen LogP contribution in [0.4, 0.5) is 0 Å². The molecule has 1 amide bonds. The molecule has 20 heavy (non-hydrogen) atoms. The summed E-state index contributed by atoms with van der Waals surface area (Å²) in [5.74, 6) is 0.171. The number of carbonyl (C=O) groups is 1. The molecule has 0 unspecified atom stereocenters. The van der Waals surface area contributed by atoms with Gasteiger partial charge in [0.15, 0.2) is 0 Å². The number of aromatic nitrogens is 4. The monoisotopic (exact) mass is 271 g/mol. The summed E-state index contributed by atoms with van der Waals surface area (Å²) >= 11 is 0. The van der Waals surface area contributed by atoms with Crippen molar-refractivity contribution in [2.24, 2.45) is 0 Å². The van der Waals surface area contributed by atoms with E-state index >= 15 is 0 Å². The lowest BCUT2D eigenvalue weighted by atomic mass is 10.0. The highest BCUT2D eigenvalue weighted by atomic mass is 16.2. The molecule has 1 fully saturated rings. The van der Waals surface area contributed by atoms with E-state index in [9.17, 15) is 4.79 Å². The SMILES string of the molecule is O=C(Cc1cccnc1)N1CCC(n2nccn2)CC1. The molecule has 3 rings (SSSR count). The van der Waals surface area contributed by atoms with E-state index in [1.54, 1.807) is 29.6 Å². The number of pyridine rings is 1. The fourth-order valence-corrected chi connectivity index (χ4v) is 2.55. The first kappa shape index (κ1) is 12.8. The minimum atomic E-state index is 0.171. The van der Waals surface area contributed by atoms with Gasteiger partial charge in [-0.05, 0) is 24.5 Å². The molecule has 0 aliphatic carbocycles. The Morgan fingerprint density at radius 1 is 1.20 bits per heavy atom. The Labute approximate surface area is 117 Å². The van der Waals surface area contributed by atoms with Gasteiger partial charge in [-0.1, -0.05) is 6.07 Å². The van der Waals surface area contributed by atoms with Crippen molar-refractivity contribution >= 4 is 5.91 Å². The third kappa shape index (κ3) is 2.84. The van der Waals surface area contributed by atoms with E-state index in [0.29, 0.717) is 12.5 Å². The van der Waals surface area contributed by atoms with Crippen LogP contribution in [0.1, 0.15) is 24.4 Å². The van der Waals surface area contributed by atoms with E-state index in [2.05, 4.69) is 15.2 Å². The van der Waals surface area contributed by atoms with Gasteiger partial charge in [0.1, 0.15) is 0 Å². The summed E-state index contributed by atoms with van der Waals surface area (Å²) in [6.45, 7) is 1.54. The molecule has 6 heteroatoms. The topological polar surface area (TPSA) is 63.9 Å². The van der Waals surface area contributed by atoms with Gasteiger partial charge >= 0.3 is 0 Å². The van der Waals surface area contributed by atoms with E-state index in [0.717, 1.165) is 31.5 Å². The van der Waals surface area contributed by atoms with E-state index < -0.39 is 0 Å². The molecular formula is C14H17N5O. The highest BCUT2D eigenvalue weighted by Crippen LogP contribution is 2.21. The lowest BCUT2D eigenvalue weighted by Gasteiger charge is -2.31. The molecule has 0 N–H and O–H groups in total. The standard InChI is InChI=1S/C14H17N5O/c20-14(10-12-2-1-5-15-11-12)18-8-3-13(4-9-18)19-16-6-7-17-19/h1-2,5-7,11,13H,3-4,8-10H2.